The van der Waals surface area contributed by atoms with Crippen LogP contribution in [-0.4, -0.2) is 50.0 Å². The van der Waals surface area contributed by atoms with E-state index in [1.165, 1.54) is 16.7 Å². The van der Waals surface area contributed by atoms with E-state index in [9.17, 15) is 18.0 Å². The Kier molecular flexibility index (Phi) is 11.3. The van der Waals surface area contributed by atoms with Crippen LogP contribution in [0.25, 0.3) is 0 Å². The standard InChI is InChI=1S/C35H39N3O4S2/c1-26(2)36-35(40)33(23-28-11-7-5-8-12-28)37(24-29-13-9-6-10-14-29)34(39)25-38(30-17-15-27(3)16-18-30)44(41,42)32-21-19-31(43-4)20-22-32/h5-22,26,33H,23-25H2,1-4H3,(H,36,40)/t33-/m0/s1. The highest BCUT2D eigenvalue weighted by molar-refractivity contribution is 7.98. The molecule has 0 saturated carbocycles. The van der Waals surface area contributed by atoms with E-state index in [-0.39, 0.29) is 29.8 Å². The fourth-order valence-electron chi connectivity index (χ4n) is 4.83. The Morgan fingerprint density at radius 1 is 0.795 bits per heavy atom. The second-order valence-corrected chi connectivity index (χ2v) is 13.6. The van der Waals surface area contributed by atoms with Crippen LogP contribution in [0.3, 0.4) is 0 Å². The Balaban J connectivity index is 1.78. The molecule has 0 aliphatic carbocycles. The molecular weight excluding hydrogens is 591 g/mol. The third-order valence-electron chi connectivity index (χ3n) is 7.15. The van der Waals surface area contributed by atoms with Crippen molar-refractivity contribution in [3.63, 3.8) is 0 Å². The smallest absolute Gasteiger partial charge is 0.264 e. The number of carbonyl (C=O) groups excluding carboxylic acids is 2. The quantitative estimate of drug-likeness (QED) is 0.181. The van der Waals surface area contributed by atoms with Crippen LogP contribution in [0, 0.1) is 6.92 Å². The number of aryl methyl sites for hydroxylation is 1. The molecule has 1 N–H and O–H groups in total. The van der Waals surface area contributed by atoms with Gasteiger partial charge in [-0.25, -0.2) is 8.42 Å². The predicted octanol–water partition coefficient (Wildman–Crippen LogP) is 6.08. The first-order valence-electron chi connectivity index (χ1n) is 14.5. The second kappa shape index (κ2) is 15.1. The minimum atomic E-state index is -4.14. The zero-order chi connectivity index (χ0) is 31.7. The van der Waals surface area contributed by atoms with E-state index < -0.39 is 28.5 Å². The van der Waals surface area contributed by atoms with Crippen molar-refractivity contribution in [1.82, 2.24) is 10.2 Å². The van der Waals surface area contributed by atoms with Crippen molar-refractivity contribution in [3.8, 4) is 0 Å². The zero-order valence-electron chi connectivity index (χ0n) is 25.5. The summed E-state index contributed by atoms with van der Waals surface area (Å²) in [6.45, 7) is 5.30. The van der Waals surface area contributed by atoms with Gasteiger partial charge in [0.1, 0.15) is 12.6 Å². The molecule has 4 rings (SSSR count). The topological polar surface area (TPSA) is 86.8 Å². The SMILES string of the molecule is CSc1ccc(S(=O)(=O)N(CC(=O)N(Cc2ccccc2)[C@@H](Cc2ccccc2)C(=O)NC(C)C)c2ccc(C)cc2)cc1. The summed E-state index contributed by atoms with van der Waals surface area (Å²) in [5.74, 6) is -0.788. The van der Waals surface area contributed by atoms with Crippen molar-refractivity contribution in [3.05, 3.63) is 126 Å². The molecule has 0 saturated heterocycles. The average molecular weight is 630 g/mol. The van der Waals surface area contributed by atoms with E-state index in [2.05, 4.69) is 5.32 Å². The van der Waals surface area contributed by atoms with Crippen molar-refractivity contribution in [2.24, 2.45) is 0 Å². The van der Waals surface area contributed by atoms with Gasteiger partial charge in [0.05, 0.1) is 10.6 Å². The second-order valence-electron chi connectivity index (χ2n) is 10.9. The van der Waals surface area contributed by atoms with Gasteiger partial charge in [-0.2, -0.15) is 0 Å². The number of hydrogen-bond acceptors (Lipinski definition) is 5. The molecule has 4 aromatic carbocycles. The van der Waals surface area contributed by atoms with Gasteiger partial charge in [0, 0.05) is 23.9 Å². The summed E-state index contributed by atoms with van der Waals surface area (Å²) in [5, 5.41) is 2.98. The fourth-order valence-corrected chi connectivity index (χ4v) is 6.65. The predicted molar refractivity (Wildman–Crippen MR) is 178 cm³/mol. The third-order valence-corrected chi connectivity index (χ3v) is 9.68. The molecule has 0 aromatic heterocycles. The van der Waals surface area contributed by atoms with Gasteiger partial charge in [-0.15, -0.1) is 11.8 Å². The molecule has 4 aromatic rings. The lowest BCUT2D eigenvalue weighted by Crippen LogP contribution is -2.54. The number of carbonyl (C=O) groups is 2. The Morgan fingerprint density at radius 2 is 1.36 bits per heavy atom. The molecule has 1 atom stereocenters. The average Bonchev–Trinajstić information content (AvgIpc) is 3.02. The number of sulfonamides is 1. The number of amides is 2. The number of anilines is 1. The molecule has 0 spiro atoms. The lowest BCUT2D eigenvalue weighted by Gasteiger charge is -2.34. The first kappa shape index (κ1) is 32.8. The lowest BCUT2D eigenvalue weighted by atomic mass is 10.0. The van der Waals surface area contributed by atoms with E-state index in [0.717, 1.165) is 25.9 Å². The first-order chi connectivity index (χ1) is 21.1. The van der Waals surface area contributed by atoms with Crippen molar-refractivity contribution >= 4 is 39.3 Å². The molecule has 0 fully saturated rings. The third kappa shape index (κ3) is 8.51. The molecular formula is C35H39N3O4S2. The van der Waals surface area contributed by atoms with Gasteiger partial charge in [-0.3, -0.25) is 13.9 Å². The molecule has 0 aliphatic rings. The molecule has 7 nitrogen and oxygen atoms in total. The van der Waals surface area contributed by atoms with E-state index in [4.69, 9.17) is 0 Å². The summed E-state index contributed by atoms with van der Waals surface area (Å²) in [6, 6.07) is 31.6. The highest BCUT2D eigenvalue weighted by Gasteiger charge is 2.34. The Bertz CT molecular complexity index is 1630. The lowest BCUT2D eigenvalue weighted by molar-refractivity contribution is -0.140. The molecule has 230 valence electrons. The van der Waals surface area contributed by atoms with Crippen molar-refractivity contribution in [2.45, 2.75) is 55.6 Å². The minimum Gasteiger partial charge on any atom is -0.352 e. The molecule has 0 radical (unpaired) electrons. The van der Waals surface area contributed by atoms with Crippen LogP contribution in [0.1, 0.15) is 30.5 Å². The molecule has 0 aliphatic heterocycles. The number of nitrogens with zero attached hydrogens (tertiary/aromatic N) is 2. The van der Waals surface area contributed by atoms with Crippen LogP contribution in [0.5, 0.6) is 0 Å². The molecule has 9 heteroatoms. The van der Waals surface area contributed by atoms with Crippen molar-refractivity contribution in [2.75, 3.05) is 17.1 Å². The van der Waals surface area contributed by atoms with Gasteiger partial charge in [-0.1, -0.05) is 78.4 Å². The summed E-state index contributed by atoms with van der Waals surface area (Å²) in [7, 11) is -4.14. The number of thioether (sulfide) groups is 1. The highest BCUT2D eigenvalue weighted by atomic mass is 32.2. The van der Waals surface area contributed by atoms with E-state index in [1.54, 1.807) is 36.4 Å². The maximum Gasteiger partial charge on any atom is 0.264 e. The largest absolute Gasteiger partial charge is 0.352 e. The summed E-state index contributed by atoms with van der Waals surface area (Å²) < 4.78 is 29.4. The maximum atomic E-state index is 14.4. The Hall–Kier alpha value is -4.08. The molecule has 0 unspecified atom stereocenters. The van der Waals surface area contributed by atoms with Gasteiger partial charge in [0.2, 0.25) is 11.8 Å². The van der Waals surface area contributed by atoms with E-state index in [0.29, 0.717) is 5.69 Å². The summed E-state index contributed by atoms with van der Waals surface area (Å²) >= 11 is 1.51. The fraction of sp³-hybridized carbons (Fsp3) is 0.257. The molecule has 2 amide bonds. The monoisotopic (exact) mass is 629 g/mol. The van der Waals surface area contributed by atoms with Crippen LogP contribution in [0.2, 0.25) is 0 Å². The van der Waals surface area contributed by atoms with E-state index >= 15 is 0 Å². The number of hydrogen-bond donors (Lipinski definition) is 1. The van der Waals surface area contributed by atoms with Gasteiger partial charge in [0.15, 0.2) is 0 Å². The van der Waals surface area contributed by atoms with Crippen LogP contribution in [0.15, 0.2) is 119 Å². The zero-order valence-corrected chi connectivity index (χ0v) is 27.1. The number of nitrogens with one attached hydrogen (secondary N) is 1. The normalized spacial score (nSPS) is 12.0. The van der Waals surface area contributed by atoms with Crippen LogP contribution in [-0.2, 0) is 32.6 Å². The summed E-state index contributed by atoms with van der Waals surface area (Å²) in [5.41, 5.74) is 3.04. The van der Waals surface area contributed by atoms with Crippen molar-refractivity contribution < 1.29 is 18.0 Å². The Morgan fingerprint density at radius 3 is 1.91 bits per heavy atom. The van der Waals surface area contributed by atoms with Crippen molar-refractivity contribution in [1.29, 1.82) is 0 Å². The van der Waals surface area contributed by atoms with Crippen LogP contribution >= 0.6 is 11.8 Å². The van der Waals surface area contributed by atoms with Gasteiger partial charge < -0.3 is 10.2 Å². The Labute approximate surface area is 265 Å². The van der Waals surface area contributed by atoms with Crippen LogP contribution in [0.4, 0.5) is 5.69 Å². The van der Waals surface area contributed by atoms with Crippen LogP contribution < -0.4 is 9.62 Å². The van der Waals surface area contributed by atoms with E-state index in [1.807, 2.05) is 99.8 Å². The molecule has 44 heavy (non-hydrogen) atoms. The highest BCUT2D eigenvalue weighted by Crippen LogP contribution is 2.27. The van der Waals surface area contributed by atoms with Gasteiger partial charge in [-0.05, 0) is 74.6 Å². The van der Waals surface area contributed by atoms with Gasteiger partial charge >= 0.3 is 0 Å². The number of rotatable bonds is 13. The molecule has 0 heterocycles. The minimum absolute atomic E-state index is 0.0803. The number of benzene rings is 4. The summed E-state index contributed by atoms with van der Waals surface area (Å²) in [6.07, 6.45) is 2.19. The molecule has 0 bridgehead atoms. The maximum absolute atomic E-state index is 14.4. The summed E-state index contributed by atoms with van der Waals surface area (Å²) in [4.78, 5) is 30.7. The first-order valence-corrected chi connectivity index (χ1v) is 17.2. The van der Waals surface area contributed by atoms with Gasteiger partial charge in [0.25, 0.3) is 10.0 Å².